The van der Waals surface area contributed by atoms with Crippen LogP contribution in [0.1, 0.15) is 45.4 Å². The van der Waals surface area contributed by atoms with Gasteiger partial charge in [-0.15, -0.1) is 0 Å². The minimum Gasteiger partial charge on any atom is -0.310 e. The lowest BCUT2D eigenvalue weighted by atomic mass is 9.95. The Morgan fingerprint density at radius 1 is 1.31 bits per heavy atom. The topological polar surface area (TPSA) is 12.0 Å². The Morgan fingerprint density at radius 3 is 2.54 bits per heavy atom. The minimum atomic E-state index is 0.748. The predicted octanol–water partition coefficient (Wildman–Crippen LogP) is 3.05. The van der Waals surface area contributed by atoms with Crippen molar-refractivity contribution in [3.63, 3.8) is 0 Å². The molecule has 1 aliphatic carbocycles. The number of hydrogen-bond donors (Lipinski definition) is 1. The fourth-order valence-electron chi connectivity index (χ4n) is 2.09. The number of hydrogen-bond acceptors (Lipinski definition) is 2. The van der Waals surface area contributed by atoms with Gasteiger partial charge in [0.1, 0.15) is 0 Å². The van der Waals surface area contributed by atoms with Crippen molar-refractivity contribution in [2.24, 2.45) is 0 Å². The molecular weight excluding hydrogens is 178 g/mol. The second-order valence-corrected chi connectivity index (χ2v) is 4.97. The van der Waals surface area contributed by atoms with E-state index in [2.05, 4.69) is 18.5 Å². The second kappa shape index (κ2) is 6.72. The molecule has 13 heavy (non-hydrogen) atoms. The van der Waals surface area contributed by atoms with E-state index in [0.717, 1.165) is 12.1 Å². The van der Waals surface area contributed by atoms with Crippen LogP contribution in [0.4, 0.5) is 0 Å². The zero-order chi connectivity index (χ0) is 9.52. The van der Waals surface area contributed by atoms with Gasteiger partial charge >= 0.3 is 0 Å². The Bertz CT molecular complexity index is 119. The molecule has 0 amide bonds. The first-order chi connectivity index (χ1) is 6.36. The smallest absolute Gasteiger partial charge is 0.0158 e. The van der Waals surface area contributed by atoms with E-state index in [-0.39, 0.29) is 0 Å². The van der Waals surface area contributed by atoms with Crippen LogP contribution < -0.4 is 5.32 Å². The van der Waals surface area contributed by atoms with Crippen LogP contribution in [0.5, 0.6) is 0 Å². The molecule has 1 unspecified atom stereocenters. The highest BCUT2D eigenvalue weighted by atomic mass is 32.2. The van der Waals surface area contributed by atoms with E-state index in [9.17, 15) is 0 Å². The lowest BCUT2D eigenvalue weighted by Crippen LogP contribution is -2.40. The summed E-state index contributed by atoms with van der Waals surface area (Å²) in [7, 11) is 0. The first-order valence-electron chi connectivity index (χ1n) is 5.61. The Balaban J connectivity index is 2.18. The van der Waals surface area contributed by atoms with Crippen LogP contribution in [0.2, 0.25) is 0 Å². The zero-order valence-corrected chi connectivity index (χ0v) is 9.83. The Kier molecular flexibility index (Phi) is 5.88. The third-order valence-electron chi connectivity index (χ3n) is 2.94. The van der Waals surface area contributed by atoms with E-state index < -0.39 is 0 Å². The molecule has 1 nitrogen and oxygen atoms in total. The van der Waals surface area contributed by atoms with Crippen LogP contribution in [0, 0.1) is 0 Å². The maximum atomic E-state index is 3.79. The van der Waals surface area contributed by atoms with Crippen molar-refractivity contribution in [2.45, 2.75) is 57.5 Å². The largest absolute Gasteiger partial charge is 0.310 e. The molecule has 78 valence electrons. The van der Waals surface area contributed by atoms with Gasteiger partial charge in [0.2, 0.25) is 0 Å². The van der Waals surface area contributed by atoms with E-state index in [0.29, 0.717) is 0 Å². The predicted molar refractivity (Wildman–Crippen MR) is 62.5 cm³/mol. The third-order valence-corrected chi connectivity index (χ3v) is 3.67. The first-order valence-corrected chi connectivity index (χ1v) is 7.01. The molecule has 0 aliphatic heterocycles. The summed E-state index contributed by atoms with van der Waals surface area (Å²) in [5, 5.41) is 3.79. The summed E-state index contributed by atoms with van der Waals surface area (Å²) < 4.78 is 0. The third kappa shape index (κ3) is 4.37. The monoisotopic (exact) mass is 201 g/mol. The molecule has 1 aliphatic rings. The second-order valence-electron chi connectivity index (χ2n) is 4.06. The SMILES string of the molecule is CCC(CSC)NC1CCCCC1. The molecule has 1 fully saturated rings. The van der Waals surface area contributed by atoms with Crippen molar-refractivity contribution in [2.75, 3.05) is 12.0 Å². The molecule has 1 saturated carbocycles. The summed E-state index contributed by atoms with van der Waals surface area (Å²) in [6.45, 7) is 2.29. The van der Waals surface area contributed by atoms with Crippen LogP contribution in [-0.4, -0.2) is 24.1 Å². The average Bonchev–Trinajstić information content (AvgIpc) is 2.19. The molecule has 0 heterocycles. The summed E-state index contributed by atoms with van der Waals surface area (Å²) in [6.07, 6.45) is 10.6. The number of rotatable bonds is 5. The molecule has 0 saturated heterocycles. The molecule has 0 radical (unpaired) electrons. The summed E-state index contributed by atoms with van der Waals surface area (Å²) in [4.78, 5) is 0. The van der Waals surface area contributed by atoms with Gasteiger partial charge in [0, 0.05) is 17.8 Å². The molecule has 1 N–H and O–H groups in total. The maximum absolute atomic E-state index is 3.79. The maximum Gasteiger partial charge on any atom is 0.0158 e. The van der Waals surface area contributed by atoms with E-state index in [4.69, 9.17) is 0 Å². The summed E-state index contributed by atoms with van der Waals surface area (Å²) in [5.41, 5.74) is 0. The van der Waals surface area contributed by atoms with Crippen LogP contribution in [-0.2, 0) is 0 Å². The van der Waals surface area contributed by atoms with Gasteiger partial charge < -0.3 is 5.32 Å². The number of nitrogens with one attached hydrogen (secondary N) is 1. The lowest BCUT2D eigenvalue weighted by Gasteiger charge is -2.27. The molecular formula is C11H23NS. The van der Waals surface area contributed by atoms with Crippen LogP contribution >= 0.6 is 11.8 Å². The fourth-order valence-corrected chi connectivity index (χ4v) is 2.82. The van der Waals surface area contributed by atoms with E-state index >= 15 is 0 Å². The molecule has 2 heteroatoms. The van der Waals surface area contributed by atoms with Gasteiger partial charge in [-0.2, -0.15) is 11.8 Å². The van der Waals surface area contributed by atoms with Gasteiger partial charge in [0.15, 0.2) is 0 Å². The minimum absolute atomic E-state index is 0.748. The molecule has 0 bridgehead atoms. The quantitative estimate of drug-likeness (QED) is 0.734. The van der Waals surface area contributed by atoms with Crippen molar-refractivity contribution < 1.29 is 0 Å². The molecule has 0 aromatic rings. The molecule has 0 aromatic carbocycles. The van der Waals surface area contributed by atoms with E-state index in [1.165, 1.54) is 44.3 Å². The molecule has 0 aromatic heterocycles. The van der Waals surface area contributed by atoms with Crippen molar-refractivity contribution >= 4 is 11.8 Å². The van der Waals surface area contributed by atoms with E-state index in [1.807, 2.05) is 11.8 Å². The first kappa shape index (κ1) is 11.4. The van der Waals surface area contributed by atoms with Crippen LogP contribution in [0.3, 0.4) is 0 Å². The van der Waals surface area contributed by atoms with Crippen molar-refractivity contribution in [3.8, 4) is 0 Å². The number of thioether (sulfide) groups is 1. The van der Waals surface area contributed by atoms with Crippen molar-refractivity contribution in [1.82, 2.24) is 5.32 Å². The van der Waals surface area contributed by atoms with Gasteiger partial charge in [-0.1, -0.05) is 26.2 Å². The fraction of sp³-hybridized carbons (Fsp3) is 1.00. The molecule has 1 atom stereocenters. The van der Waals surface area contributed by atoms with Gasteiger partial charge in [0.05, 0.1) is 0 Å². The van der Waals surface area contributed by atoms with Gasteiger partial charge in [0.25, 0.3) is 0 Å². The van der Waals surface area contributed by atoms with Crippen LogP contribution in [0.25, 0.3) is 0 Å². The standard InChI is InChI=1S/C11H23NS/c1-3-10(9-13-2)12-11-7-5-4-6-8-11/h10-12H,3-9H2,1-2H3. The Hall–Kier alpha value is 0.310. The highest BCUT2D eigenvalue weighted by Crippen LogP contribution is 2.18. The highest BCUT2D eigenvalue weighted by molar-refractivity contribution is 7.98. The Morgan fingerprint density at radius 2 is 2.00 bits per heavy atom. The van der Waals surface area contributed by atoms with Gasteiger partial charge in [-0.3, -0.25) is 0 Å². The van der Waals surface area contributed by atoms with Gasteiger partial charge in [-0.05, 0) is 25.5 Å². The highest BCUT2D eigenvalue weighted by Gasteiger charge is 2.16. The van der Waals surface area contributed by atoms with Crippen molar-refractivity contribution in [3.05, 3.63) is 0 Å². The van der Waals surface area contributed by atoms with E-state index in [1.54, 1.807) is 0 Å². The van der Waals surface area contributed by atoms with Crippen molar-refractivity contribution in [1.29, 1.82) is 0 Å². The van der Waals surface area contributed by atoms with Gasteiger partial charge in [-0.25, -0.2) is 0 Å². The lowest BCUT2D eigenvalue weighted by molar-refractivity contribution is 0.342. The summed E-state index contributed by atoms with van der Waals surface area (Å²) in [6, 6.07) is 1.57. The molecule has 0 spiro atoms. The van der Waals surface area contributed by atoms with Crippen LogP contribution in [0.15, 0.2) is 0 Å². The average molecular weight is 201 g/mol. The zero-order valence-electron chi connectivity index (χ0n) is 9.01. The normalized spacial score (nSPS) is 21.7. The summed E-state index contributed by atoms with van der Waals surface area (Å²) in [5.74, 6) is 1.27. The summed E-state index contributed by atoms with van der Waals surface area (Å²) >= 11 is 1.96. The molecule has 1 rings (SSSR count). The Labute approximate surface area is 87.1 Å².